The molecule has 0 bridgehead atoms. The quantitative estimate of drug-likeness (QED) is 0.496. The number of benzene rings is 1. The van der Waals surface area contributed by atoms with Crippen LogP contribution in [0.15, 0.2) is 36.1 Å². The Morgan fingerprint density at radius 1 is 1.36 bits per heavy atom. The fourth-order valence-corrected chi connectivity index (χ4v) is 2.60. The predicted octanol–water partition coefficient (Wildman–Crippen LogP) is 3.02. The molecular formula is C19H27NO5. The van der Waals surface area contributed by atoms with Gasteiger partial charge in [-0.15, -0.1) is 0 Å². The van der Waals surface area contributed by atoms with Gasteiger partial charge in [-0.25, -0.2) is 0 Å². The summed E-state index contributed by atoms with van der Waals surface area (Å²) < 4.78 is 11.4. The Kier molecular flexibility index (Phi) is 7.28. The number of aliphatic hydroxyl groups excluding tert-OH is 1. The largest absolute Gasteiger partial charge is 0.506 e. The van der Waals surface area contributed by atoms with Crippen molar-refractivity contribution in [3.63, 3.8) is 0 Å². The lowest BCUT2D eigenvalue weighted by molar-refractivity contribution is -0.148. The van der Waals surface area contributed by atoms with Crippen molar-refractivity contribution in [3.05, 3.63) is 36.1 Å². The number of aromatic hydroxyl groups is 1. The molecule has 0 aromatic heterocycles. The van der Waals surface area contributed by atoms with E-state index in [2.05, 4.69) is 19.2 Å². The number of aliphatic hydroxyl groups is 1. The second kappa shape index (κ2) is 9.44. The number of carbonyl (C=O) groups is 1. The molecule has 2 rings (SSSR count). The summed E-state index contributed by atoms with van der Waals surface area (Å²) in [4.78, 5) is 12.5. The molecule has 0 radical (unpaired) electrons. The number of phenols is 1. The first kappa shape index (κ1) is 19.3. The average molecular weight is 349 g/mol. The Morgan fingerprint density at radius 2 is 2.12 bits per heavy atom. The van der Waals surface area contributed by atoms with Gasteiger partial charge in [0, 0.05) is 13.0 Å². The van der Waals surface area contributed by atoms with Crippen molar-refractivity contribution in [2.45, 2.75) is 39.4 Å². The van der Waals surface area contributed by atoms with E-state index in [4.69, 9.17) is 14.6 Å². The summed E-state index contributed by atoms with van der Waals surface area (Å²) in [5.74, 6) is 0.322. The second-order valence-electron chi connectivity index (χ2n) is 6.49. The number of rotatable bonds is 8. The van der Waals surface area contributed by atoms with Crippen molar-refractivity contribution < 1.29 is 24.5 Å². The van der Waals surface area contributed by atoms with E-state index in [9.17, 15) is 9.90 Å². The molecule has 1 aromatic rings. The van der Waals surface area contributed by atoms with E-state index >= 15 is 0 Å². The number of anilines is 1. The molecule has 0 spiro atoms. The summed E-state index contributed by atoms with van der Waals surface area (Å²) in [6.07, 6.45) is 3.45. The highest BCUT2D eigenvalue weighted by Crippen LogP contribution is 2.30. The molecule has 6 heteroatoms. The summed E-state index contributed by atoms with van der Waals surface area (Å²) in [5, 5.41) is 21.3. The number of amides is 1. The molecular weight excluding hydrogens is 322 g/mol. The number of nitrogens with one attached hydrogen (secondary N) is 1. The molecule has 1 amide bonds. The van der Waals surface area contributed by atoms with Crippen LogP contribution in [0.25, 0.3) is 0 Å². The molecule has 2 unspecified atom stereocenters. The Labute approximate surface area is 148 Å². The van der Waals surface area contributed by atoms with Gasteiger partial charge in [0.1, 0.15) is 5.75 Å². The van der Waals surface area contributed by atoms with Crippen LogP contribution >= 0.6 is 0 Å². The molecule has 0 saturated heterocycles. The van der Waals surface area contributed by atoms with Crippen LogP contribution in [0.1, 0.15) is 33.1 Å². The first-order chi connectivity index (χ1) is 12.0. The monoisotopic (exact) mass is 349 g/mol. The predicted molar refractivity (Wildman–Crippen MR) is 94.9 cm³/mol. The molecule has 1 heterocycles. The molecule has 1 aromatic carbocycles. The summed E-state index contributed by atoms with van der Waals surface area (Å²) in [5.41, 5.74) is 0.337. The normalized spacial score (nSPS) is 20.1. The highest BCUT2D eigenvalue weighted by molar-refractivity contribution is 6.03. The van der Waals surface area contributed by atoms with Gasteiger partial charge < -0.3 is 25.0 Å². The van der Waals surface area contributed by atoms with E-state index in [-0.39, 0.29) is 24.0 Å². The topological polar surface area (TPSA) is 88.0 Å². The summed E-state index contributed by atoms with van der Waals surface area (Å²) in [6.45, 7) is 4.80. The molecule has 2 atom stereocenters. The van der Waals surface area contributed by atoms with Gasteiger partial charge in [-0.1, -0.05) is 26.0 Å². The van der Waals surface area contributed by atoms with Crippen molar-refractivity contribution in [2.75, 3.05) is 18.5 Å². The smallest absolute Gasteiger partial charge is 0.290 e. The first-order valence-corrected chi connectivity index (χ1v) is 8.71. The van der Waals surface area contributed by atoms with Crippen LogP contribution in [0.3, 0.4) is 0 Å². The lowest BCUT2D eigenvalue weighted by Gasteiger charge is -2.30. The number of ether oxygens (including phenoxy) is 2. The summed E-state index contributed by atoms with van der Waals surface area (Å²) in [6, 6.07) is 6.55. The molecule has 3 N–H and O–H groups in total. The number of para-hydroxylation sites is 2. The lowest BCUT2D eigenvalue weighted by Crippen LogP contribution is -2.31. The number of carbonyl (C=O) groups excluding carboxylic acids is 1. The van der Waals surface area contributed by atoms with Gasteiger partial charge in [-0.2, -0.15) is 0 Å². The molecule has 25 heavy (non-hydrogen) atoms. The maximum absolute atomic E-state index is 12.5. The van der Waals surface area contributed by atoms with Crippen molar-refractivity contribution in [2.24, 2.45) is 11.8 Å². The minimum Gasteiger partial charge on any atom is -0.506 e. The maximum Gasteiger partial charge on any atom is 0.290 e. The van der Waals surface area contributed by atoms with Crippen LogP contribution in [0.4, 0.5) is 5.69 Å². The summed E-state index contributed by atoms with van der Waals surface area (Å²) in [7, 11) is 0. The number of hydrogen-bond acceptors (Lipinski definition) is 5. The third kappa shape index (κ3) is 5.76. The third-order valence-electron chi connectivity index (χ3n) is 4.18. The number of hydrogen-bond donors (Lipinski definition) is 3. The van der Waals surface area contributed by atoms with Crippen LogP contribution in [0, 0.1) is 11.8 Å². The van der Waals surface area contributed by atoms with E-state index < -0.39 is 12.2 Å². The van der Waals surface area contributed by atoms with Crippen LogP contribution in [-0.2, 0) is 14.3 Å². The molecule has 0 fully saturated rings. The first-order valence-electron chi connectivity index (χ1n) is 8.71. The Hall–Kier alpha value is -2.05. The van der Waals surface area contributed by atoms with E-state index in [1.807, 2.05) is 6.08 Å². The minimum atomic E-state index is -0.485. The minimum absolute atomic E-state index is 0.00414. The van der Waals surface area contributed by atoms with Crippen LogP contribution < -0.4 is 5.32 Å². The summed E-state index contributed by atoms with van der Waals surface area (Å²) >= 11 is 0. The van der Waals surface area contributed by atoms with Gasteiger partial charge in [-0.3, -0.25) is 4.79 Å². The fourth-order valence-electron chi connectivity index (χ4n) is 2.60. The zero-order valence-corrected chi connectivity index (χ0v) is 14.8. The maximum atomic E-state index is 12.5. The van der Waals surface area contributed by atoms with Gasteiger partial charge in [-0.05, 0) is 42.9 Å². The Bertz CT molecular complexity index is 599. The molecule has 6 nitrogen and oxygen atoms in total. The van der Waals surface area contributed by atoms with Gasteiger partial charge in [0.25, 0.3) is 5.91 Å². The molecule has 0 saturated carbocycles. The highest BCUT2D eigenvalue weighted by Gasteiger charge is 2.29. The molecule has 1 aliphatic heterocycles. The third-order valence-corrected chi connectivity index (χ3v) is 4.18. The zero-order valence-electron chi connectivity index (χ0n) is 14.8. The SMILES string of the molecule is CC(C)C1C=C(C(=O)Nc2ccccc2O)OC(OCCCCO)C1. The van der Waals surface area contributed by atoms with E-state index in [0.717, 1.165) is 6.42 Å². The van der Waals surface area contributed by atoms with Crippen LogP contribution in [-0.4, -0.2) is 35.6 Å². The van der Waals surface area contributed by atoms with Crippen LogP contribution in [0.5, 0.6) is 5.75 Å². The van der Waals surface area contributed by atoms with E-state index in [0.29, 0.717) is 31.1 Å². The second-order valence-corrected chi connectivity index (χ2v) is 6.49. The zero-order chi connectivity index (χ0) is 18.2. The number of allylic oxidation sites excluding steroid dienone is 1. The molecule has 138 valence electrons. The van der Waals surface area contributed by atoms with E-state index in [1.54, 1.807) is 18.2 Å². The number of phenolic OH excluding ortho intramolecular Hbond substituents is 1. The van der Waals surface area contributed by atoms with E-state index in [1.165, 1.54) is 6.07 Å². The number of unbranched alkanes of at least 4 members (excludes halogenated alkanes) is 1. The standard InChI is InChI=1S/C19H27NO5/c1-13(2)14-11-17(25-18(12-14)24-10-6-5-9-21)19(23)20-15-7-3-4-8-16(15)22/h3-4,7-8,11,13-14,18,21-22H,5-6,9-10,12H2,1-2H3,(H,20,23). The van der Waals surface area contributed by atoms with Crippen LogP contribution in [0.2, 0.25) is 0 Å². The van der Waals surface area contributed by atoms with Gasteiger partial charge >= 0.3 is 0 Å². The fraction of sp³-hybridized carbons (Fsp3) is 0.526. The molecule has 1 aliphatic rings. The molecule has 0 aliphatic carbocycles. The van der Waals surface area contributed by atoms with Crippen molar-refractivity contribution in [1.82, 2.24) is 0 Å². The van der Waals surface area contributed by atoms with Crippen molar-refractivity contribution >= 4 is 11.6 Å². The van der Waals surface area contributed by atoms with Crippen molar-refractivity contribution in [1.29, 1.82) is 0 Å². The Morgan fingerprint density at radius 3 is 2.80 bits per heavy atom. The highest BCUT2D eigenvalue weighted by atomic mass is 16.7. The van der Waals surface area contributed by atoms with Crippen molar-refractivity contribution in [3.8, 4) is 5.75 Å². The van der Waals surface area contributed by atoms with Gasteiger partial charge in [0.05, 0.1) is 12.3 Å². The van der Waals surface area contributed by atoms with Gasteiger partial charge in [0.15, 0.2) is 5.76 Å². The lowest BCUT2D eigenvalue weighted by atomic mass is 9.90. The Balaban J connectivity index is 2.03. The van der Waals surface area contributed by atoms with Gasteiger partial charge in [0.2, 0.25) is 6.29 Å². The average Bonchev–Trinajstić information content (AvgIpc) is 2.60.